The van der Waals surface area contributed by atoms with Gasteiger partial charge in [-0.3, -0.25) is 9.52 Å². The van der Waals surface area contributed by atoms with Crippen LogP contribution in [0.2, 0.25) is 0 Å². The van der Waals surface area contributed by atoms with E-state index in [0.29, 0.717) is 16.8 Å². The van der Waals surface area contributed by atoms with E-state index in [1.807, 2.05) is 0 Å². The Labute approximate surface area is 123 Å². The third-order valence-electron chi connectivity index (χ3n) is 2.77. The zero-order valence-electron chi connectivity index (χ0n) is 11.3. The van der Waals surface area contributed by atoms with Crippen LogP contribution >= 0.6 is 12.2 Å². The Morgan fingerprint density at radius 2 is 2.05 bits per heavy atom. The molecule has 0 fully saturated rings. The van der Waals surface area contributed by atoms with Crippen LogP contribution in [0.4, 0.5) is 5.69 Å². The van der Waals surface area contributed by atoms with Gasteiger partial charge in [0.2, 0.25) is 10.0 Å². The van der Waals surface area contributed by atoms with E-state index in [-0.39, 0.29) is 4.99 Å². The van der Waals surface area contributed by atoms with E-state index >= 15 is 0 Å². The van der Waals surface area contributed by atoms with E-state index in [2.05, 4.69) is 9.46 Å². The summed E-state index contributed by atoms with van der Waals surface area (Å²) in [5.74, 6) is -0.833. The van der Waals surface area contributed by atoms with Crippen LogP contribution in [0, 0.1) is 6.92 Å². The van der Waals surface area contributed by atoms with E-state index in [1.165, 1.54) is 13.0 Å². The molecule has 1 atom stereocenters. The number of benzene rings is 1. The Kier molecular flexibility index (Phi) is 5.07. The lowest BCUT2D eigenvalue weighted by Crippen LogP contribution is -2.33. The van der Waals surface area contributed by atoms with Gasteiger partial charge in [0.05, 0.1) is 12.8 Å². The highest BCUT2D eigenvalue weighted by Gasteiger charge is 2.29. The van der Waals surface area contributed by atoms with Gasteiger partial charge in [-0.2, -0.15) is 0 Å². The molecule has 110 valence electrons. The summed E-state index contributed by atoms with van der Waals surface area (Å²) in [4.78, 5) is 11.5. The number of methoxy groups -OCH3 is 1. The second kappa shape index (κ2) is 6.19. The molecular formula is C12H16N2O4S2. The molecule has 20 heavy (non-hydrogen) atoms. The van der Waals surface area contributed by atoms with Gasteiger partial charge in [0, 0.05) is 5.56 Å². The fourth-order valence-electron chi connectivity index (χ4n) is 1.42. The first-order valence-electron chi connectivity index (χ1n) is 5.69. The first-order chi connectivity index (χ1) is 9.19. The normalized spacial score (nSPS) is 12.6. The van der Waals surface area contributed by atoms with Crippen molar-refractivity contribution in [1.82, 2.24) is 0 Å². The zero-order valence-corrected chi connectivity index (χ0v) is 13.0. The molecule has 3 N–H and O–H groups in total. The molecule has 0 amide bonds. The van der Waals surface area contributed by atoms with Gasteiger partial charge in [-0.25, -0.2) is 8.42 Å². The Balaban J connectivity index is 3.12. The lowest BCUT2D eigenvalue weighted by molar-refractivity contribution is -0.139. The zero-order chi connectivity index (χ0) is 15.5. The topological polar surface area (TPSA) is 98.5 Å². The molecule has 0 saturated carbocycles. The summed E-state index contributed by atoms with van der Waals surface area (Å²) >= 11 is 4.84. The number of thiocarbonyl (C=S) groups is 1. The van der Waals surface area contributed by atoms with Crippen LogP contribution in [0.3, 0.4) is 0 Å². The molecule has 1 aromatic carbocycles. The van der Waals surface area contributed by atoms with Crippen LogP contribution in [0.1, 0.15) is 18.1 Å². The molecule has 0 saturated heterocycles. The molecular weight excluding hydrogens is 300 g/mol. The molecule has 0 spiro atoms. The highest BCUT2D eigenvalue weighted by molar-refractivity contribution is 7.94. The molecule has 6 nitrogen and oxygen atoms in total. The summed E-state index contributed by atoms with van der Waals surface area (Å²) in [6, 6.07) is 4.91. The number of esters is 1. The average molecular weight is 316 g/mol. The first-order valence-corrected chi connectivity index (χ1v) is 7.64. The molecule has 0 aromatic heterocycles. The summed E-state index contributed by atoms with van der Waals surface area (Å²) < 4.78 is 30.9. The monoisotopic (exact) mass is 316 g/mol. The number of sulfonamides is 1. The van der Waals surface area contributed by atoms with Gasteiger partial charge >= 0.3 is 5.97 Å². The summed E-state index contributed by atoms with van der Waals surface area (Å²) in [5, 5.41) is -1.32. The summed E-state index contributed by atoms with van der Waals surface area (Å²) in [7, 11) is -2.77. The number of hydrogen-bond acceptors (Lipinski definition) is 5. The minimum absolute atomic E-state index is 0.159. The largest absolute Gasteiger partial charge is 0.468 e. The van der Waals surface area contributed by atoms with E-state index in [1.54, 1.807) is 19.1 Å². The van der Waals surface area contributed by atoms with Crippen LogP contribution in [-0.4, -0.2) is 31.7 Å². The average Bonchev–Trinajstić information content (AvgIpc) is 2.38. The molecule has 0 bridgehead atoms. The molecule has 1 unspecified atom stereocenters. The predicted molar refractivity (Wildman–Crippen MR) is 81.1 cm³/mol. The second-order valence-electron chi connectivity index (χ2n) is 4.21. The molecule has 0 heterocycles. The molecule has 0 aliphatic heterocycles. The lowest BCUT2D eigenvalue weighted by atomic mass is 10.1. The number of carbonyl (C=O) groups is 1. The summed E-state index contributed by atoms with van der Waals surface area (Å²) in [5.41, 5.74) is 7.05. The number of rotatable bonds is 5. The Hall–Kier alpha value is -1.67. The van der Waals surface area contributed by atoms with Crippen LogP contribution in [-0.2, 0) is 19.6 Å². The number of anilines is 1. The number of nitrogens with one attached hydrogen (secondary N) is 1. The van der Waals surface area contributed by atoms with Crippen molar-refractivity contribution in [3.05, 3.63) is 29.3 Å². The number of ether oxygens (including phenoxy) is 1. The smallest absolute Gasteiger partial charge is 0.325 e. The van der Waals surface area contributed by atoms with Crippen molar-refractivity contribution in [2.75, 3.05) is 11.8 Å². The van der Waals surface area contributed by atoms with Gasteiger partial charge in [-0.15, -0.1) is 0 Å². The minimum Gasteiger partial charge on any atom is -0.468 e. The van der Waals surface area contributed by atoms with Crippen molar-refractivity contribution in [2.45, 2.75) is 19.1 Å². The van der Waals surface area contributed by atoms with Crippen molar-refractivity contribution < 1.29 is 17.9 Å². The maximum atomic E-state index is 12.1. The highest BCUT2D eigenvalue weighted by Crippen LogP contribution is 2.20. The molecule has 0 radical (unpaired) electrons. The van der Waals surface area contributed by atoms with Gasteiger partial charge in [0.15, 0.2) is 5.25 Å². The van der Waals surface area contributed by atoms with Crippen molar-refractivity contribution in [3.63, 3.8) is 0 Å². The minimum atomic E-state index is -3.90. The maximum Gasteiger partial charge on any atom is 0.325 e. The van der Waals surface area contributed by atoms with Crippen LogP contribution in [0.15, 0.2) is 18.2 Å². The highest BCUT2D eigenvalue weighted by atomic mass is 32.2. The SMILES string of the molecule is COC(=O)C(C)S(=O)(=O)Nc1cc(C(N)=S)ccc1C. The number of carbonyl (C=O) groups excluding carboxylic acids is 1. The van der Waals surface area contributed by atoms with Crippen molar-refractivity contribution in [2.24, 2.45) is 5.73 Å². The maximum absolute atomic E-state index is 12.1. The fourth-order valence-corrected chi connectivity index (χ4v) is 2.60. The molecule has 1 aromatic rings. The van der Waals surface area contributed by atoms with E-state index in [9.17, 15) is 13.2 Å². The van der Waals surface area contributed by atoms with Crippen molar-refractivity contribution >= 4 is 38.9 Å². The Morgan fingerprint density at radius 1 is 1.45 bits per heavy atom. The van der Waals surface area contributed by atoms with Crippen molar-refractivity contribution in [1.29, 1.82) is 0 Å². The van der Waals surface area contributed by atoms with Crippen LogP contribution < -0.4 is 10.5 Å². The predicted octanol–water partition coefficient (Wildman–Crippen LogP) is 0.932. The Bertz CT molecular complexity index is 641. The Morgan fingerprint density at radius 3 is 2.55 bits per heavy atom. The summed E-state index contributed by atoms with van der Waals surface area (Å²) in [6.07, 6.45) is 0. The molecule has 8 heteroatoms. The molecule has 1 rings (SSSR count). The van der Waals surface area contributed by atoms with Crippen molar-refractivity contribution in [3.8, 4) is 0 Å². The van der Waals surface area contributed by atoms with Crippen LogP contribution in [0.25, 0.3) is 0 Å². The quantitative estimate of drug-likeness (QED) is 0.619. The lowest BCUT2D eigenvalue weighted by Gasteiger charge is -2.15. The first kappa shape index (κ1) is 16.4. The van der Waals surface area contributed by atoms with E-state index < -0.39 is 21.2 Å². The fraction of sp³-hybridized carbons (Fsp3) is 0.333. The molecule has 0 aliphatic carbocycles. The summed E-state index contributed by atoms with van der Waals surface area (Å²) in [6.45, 7) is 2.98. The number of hydrogen-bond donors (Lipinski definition) is 2. The van der Waals surface area contributed by atoms with Gasteiger partial charge in [0.25, 0.3) is 0 Å². The number of aryl methyl sites for hydroxylation is 1. The van der Waals surface area contributed by atoms with Gasteiger partial charge in [-0.1, -0.05) is 24.4 Å². The third kappa shape index (κ3) is 3.67. The standard InChI is InChI=1S/C12H16N2O4S2/c1-7-4-5-9(11(13)19)6-10(7)14-20(16,17)8(2)12(15)18-3/h4-6,8,14H,1-3H3,(H2,13,19). The van der Waals surface area contributed by atoms with Gasteiger partial charge in [0.1, 0.15) is 4.99 Å². The second-order valence-corrected chi connectivity index (χ2v) is 6.65. The van der Waals surface area contributed by atoms with E-state index in [4.69, 9.17) is 18.0 Å². The van der Waals surface area contributed by atoms with Crippen LogP contribution in [0.5, 0.6) is 0 Å². The third-order valence-corrected chi connectivity index (χ3v) is 4.64. The number of nitrogens with two attached hydrogens (primary N) is 1. The van der Waals surface area contributed by atoms with E-state index in [0.717, 1.165) is 7.11 Å². The molecule has 0 aliphatic rings. The van der Waals surface area contributed by atoms with Gasteiger partial charge < -0.3 is 10.5 Å². The van der Waals surface area contributed by atoms with Gasteiger partial charge in [-0.05, 0) is 25.5 Å².